The van der Waals surface area contributed by atoms with E-state index in [1.54, 1.807) is 18.7 Å². The SMILES string of the molecule is Cn1cncc1C(N)c1cccnc1N. The molecule has 15 heavy (non-hydrogen) atoms. The summed E-state index contributed by atoms with van der Waals surface area (Å²) in [7, 11) is 1.90. The Balaban J connectivity index is 2.41. The molecule has 0 saturated heterocycles. The average Bonchev–Trinajstić information content (AvgIpc) is 2.64. The van der Waals surface area contributed by atoms with Crippen LogP contribution in [0.15, 0.2) is 30.9 Å². The Kier molecular flexibility index (Phi) is 2.39. The van der Waals surface area contributed by atoms with Gasteiger partial charge in [0.1, 0.15) is 5.82 Å². The molecule has 0 radical (unpaired) electrons. The second-order valence-corrected chi connectivity index (χ2v) is 3.38. The molecule has 0 saturated carbocycles. The number of rotatable bonds is 2. The van der Waals surface area contributed by atoms with Gasteiger partial charge in [0.05, 0.1) is 24.3 Å². The van der Waals surface area contributed by atoms with Gasteiger partial charge in [-0.15, -0.1) is 0 Å². The predicted molar refractivity (Wildman–Crippen MR) is 57.9 cm³/mol. The number of nitrogens with two attached hydrogens (primary N) is 2. The zero-order valence-corrected chi connectivity index (χ0v) is 8.46. The predicted octanol–water partition coefficient (Wildman–Crippen LogP) is 0.445. The maximum Gasteiger partial charge on any atom is 0.128 e. The third-order valence-electron chi connectivity index (χ3n) is 2.38. The van der Waals surface area contributed by atoms with E-state index in [9.17, 15) is 0 Å². The van der Waals surface area contributed by atoms with Gasteiger partial charge >= 0.3 is 0 Å². The summed E-state index contributed by atoms with van der Waals surface area (Å²) in [6.07, 6.45) is 5.09. The van der Waals surface area contributed by atoms with E-state index in [1.165, 1.54) is 0 Å². The largest absolute Gasteiger partial charge is 0.383 e. The van der Waals surface area contributed by atoms with Crippen molar-refractivity contribution in [2.45, 2.75) is 6.04 Å². The number of hydrogen-bond donors (Lipinski definition) is 2. The smallest absolute Gasteiger partial charge is 0.128 e. The van der Waals surface area contributed by atoms with Crippen LogP contribution in [0.2, 0.25) is 0 Å². The van der Waals surface area contributed by atoms with Crippen LogP contribution in [-0.4, -0.2) is 14.5 Å². The fourth-order valence-electron chi connectivity index (χ4n) is 1.52. The Hall–Kier alpha value is -1.88. The monoisotopic (exact) mass is 203 g/mol. The molecule has 1 unspecified atom stereocenters. The van der Waals surface area contributed by atoms with E-state index in [2.05, 4.69) is 9.97 Å². The number of hydrogen-bond acceptors (Lipinski definition) is 4. The lowest BCUT2D eigenvalue weighted by atomic mass is 10.1. The standard InChI is InChI=1S/C10H13N5/c1-15-6-13-5-8(15)9(11)7-3-2-4-14-10(7)12/h2-6,9H,11H2,1H3,(H2,12,14). The normalized spacial score (nSPS) is 12.7. The highest BCUT2D eigenvalue weighted by molar-refractivity contribution is 5.43. The number of imidazole rings is 1. The molecule has 0 aliphatic carbocycles. The maximum absolute atomic E-state index is 6.08. The van der Waals surface area contributed by atoms with Gasteiger partial charge in [-0.05, 0) is 6.07 Å². The number of nitrogen functional groups attached to an aromatic ring is 1. The lowest BCUT2D eigenvalue weighted by molar-refractivity contribution is 0.745. The number of aromatic nitrogens is 3. The third-order valence-corrected chi connectivity index (χ3v) is 2.38. The first-order chi connectivity index (χ1) is 7.20. The minimum absolute atomic E-state index is 0.286. The Bertz CT molecular complexity index is 462. The van der Waals surface area contributed by atoms with Crippen LogP contribution in [0, 0.1) is 0 Å². The van der Waals surface area contributed by atoms with E-state index in [0.29, 0.717) is 5.82 Å². The van der Waals surface area contributed by atoms with Crippen LogP contribution in [0.5, 0.6) is 0 Å². The van der Waals surface area contributed by atoms with Crippen molar-refractivity contribution < 1.29 is 0 Å². The Morgan fingerprint density at radius 3 is 2.87 bits per heavy atom. The summed E-state index contributed by atoms with van der Waals surface area (Å²) >= 11 is 0. The fraction of sp³-hybridized carbons (Fsp3) is 0.200. The molecule has 2 heterocycles. The van der Waals surface area contributed by atoms with Gasteiger partial charge < -0.3 is 16.0 Å². The van der Waals surface area contributed by atoms with Crippen LogP contribution in [0.25, 0.3) is 0 Å². The Morgan fingerprint density at radius 2 is 2.27 bits per heavy atom. The molecule has 0 bridgehead atoms. The topological polar surface area (TPSA) is 82.8 Å². The Morgan fingerprint density at radius 1 is 1.47 bits per heavy atom. The summed E-state index contributed by atoms with van der Waals surface area (Å²) in [4.78, 5) is 8.03. The fourth-order valence-corrected chi connectivity index (χ4v) is 1.52. The quantitative estimate of drug-likeness (QED) is 0.742. The van der Waals surface area contributed by atoms with E-state index in [1.807, 2.05) is 23.7 Å². The maximum atomic E-state index is 6.08. The molecule has 0 aromatic carbocycles. The minimum Gasteiger partial charge on any atom is -0.383 e. The second kappa shape index (κ2) is 3.70. The molecule has 1 atom stereocenters. The number of nitrogens with zero attached hydrogens (tertiary/aromatic N) is 3. The van der Waals surface area contributed by atoms with Crippen molar-refractivity contribution in [3.05, 3.63) is 42.1 Å². The molecule has 2 rings (SSSR count). The van der Waals surface area contributed by atoms with Crippen molar-refractivity contribution in [3.63, 3.8) is 0 Å². The lowest BCUT2D eigenvalue weighted by Gasteiger charge is -2.13. The van der Waals surface area contributed by atoms with E-state index < -0.39 is 0 Å². The molecule has 0 aliphatic heterocycles. The summed E-state index contributed by atoms with van der Waals surface area (Å²) in [6.45, 7) is 0. The summed E-state index contributed by atoms with van der Waals surface area (Å²) in [6, 6.07) is 3.41. The summed E-state index contributed by atoms with van der Waals surface area (Å²) in [5.41, 5.74) is 13.6. The van der Waals surface area contributed by atoms with E-state index >= 15 is 0 Å². The van der Waals surface area contributed by atoms with Crippen LogP contribution in [0.3, 0.4) is 0 Å². The molecule has 78 valence electrons. The van der Waals surface area contributed by atoms with E-state index in [4.69, 9.17) is 11.5 Å². The van der Waals surface area contributed by atoms with Crippen LogP contribution >= 0.6 is 0 Å². The summed E-state index contributed by atoms with van der Waals surface area (Å²) < 4.78 is 1.87. The van der Waals surface area contributed by atoms with Crippen LogP contribution in [0.4, 0.5) is 5.82 Å². The van der Waals surface area contributed by atoms with Crippen molar-refractivity contribution in [1.82, 2.24) is 14.5 Å². The molecule has 5 heteroatoms. The molecule has 0 fully saturated rings. The third kappa shape index (κ3) is 1.69. The first-order valence-electron chi connectivity index (χ1n) is 4.62. The summed E-state index contributed by atoms with van der Waals surface area (Å²) in [5.74, 6) is 0.464. The Labute approximate surface area is 87.8 Å². The highest BCUT2D eigenvalue weighted by Gasteiger charge is 2.14. The zero-order chi connectivity index (χ0) is 10.8. The molecular formula is C10H13N5. The summed E-state index contributed by atoms with van der Waals surface area (Å²) in [5, 5.41) is 0. The van der Waals surface area contributed by atoms with Gasteiger partial charge in [-0.1, -0.05) is 6.07 Å². The molecule has 2 aromatic rings. The molecule has 2 aromatic heterocycles. The molecule has 5 nitrogen and oxygen atoms in total. The van der Waals surface area contributed by atoms with Gasteiger partial charge in [0.2, 0.25) is 0 Å². The van der Waals surface area contributed by atoms with Gasteiger partial charge in [-0.3, -0.25) is 0 Å². The van der Waals surface area contributed by atoms with Gasteiger partial charge in [0.15, 0.2) is 0 Å². The highest BCUT2D eigenvalue weighted by Crippen LogP contribution is 2.21. The molecule has 0 aliphatic rings. The van der Waals surface area contributed by atoms with Crippen molar-refractivity contribution in [1.29, 1.82) is 0 Å². The first kappa shape index (κ1) is 9.67. The first-order valence-corrected chi connectivity index (χ1v) is 4.62. The lowest BCUT2D eigenvalue weighted by Crippen LogP contribution is -2.17. The van der Waals surface area contributed by atoms with Crippen LogP contribution in [-0.2, 0) is 7.05 Å². The number of pyridine rings is 1. The van der Waals surface area contributed by atoms with Gasteiger partial charge in [0, 0.05) is 18.8 Å². The molecule has 0 amide bonds. The van der Waals surface area contributed by atoms with E-state index in [-0.39, 0.29) is 6.04 Å². The van der Waals surface area contributed by atoms with Gasteiger partial charge in [0.25, 0.3) is 0 Å². The molecule has 0 spiro atoms. The van der Waals surface area contributed by atoms with Gasteiger partial charge in [-0.25, -0.2) is 9.97 Å². The van der Waals surface area contributed by atoms with Gasteiger partial charge in [-0.2, -0.15) is 0 Å². The minimum atomic E-state index is -0.286. The van der Waals surface area contributed by atoms with E-state index in [0.717, 1.165) is 11.3 Å². The van der Waals surface area contributed by atoms with Crippen molar-refractivity contribution in [3.8, 4) is 0 Å². The zero-order valence-electron chi connectivity index (χ0n) is 8.46. The number of aryl methyl sites for hydroxylation is 1. The highest BCUT2D eigenvalue weighted by atomic mass is 15.0. The second-order valence-electron chi connectivity index (χ2n) is 3.38. The molecule has 4 N–H and O–H groups in total. The number of anilines is 1. The van der Waals surface area contributed by atoms with Crippen molar-refractivity contribution >= 4 is 5.82 Å². The van der Waals surface area contributed by atoms with Crippen molar-refractivity contribution in [2.24, 2.45) is 12.8 Å². The molecular weight excluding hydrogens is 190 g/mol. The average molecular weight is 203 g/mol. The van der Waals surface area contributed by atoms with Crippen molar-refractivity contribution in [2.75, 3.05) is 5.73 Å². The van der Waals surface area contributed by atoms with Crippen LogP contribution < -0.4 is 11.5 Å². The van der Waals surface area contributed by atoms with Crippen LogP contribution in [0.1, 0.15) is 17.3 Å².